The van der Waals surface area contributed by atoms with Crippen LogP contribution in [0.5, 0.6) is 0 Å². The van der Waals surface area contributed by atoms with E-state index < -0.39 is 18.0 Å². The molecular formula is C12H10F3N. The third-order valence-electron chi connectivity index (χ3n) is 2.50. The fourth-order valence-corrected chi connectivity index (χ4v) is 1.53. The van der Waals surface area contributed by atoms with E-state index in [0.717, 1.165) is 6.08 Å². The van der Waals surface area contributed by atoms with Crippen molar-refractivity contribution >= 4 is 0 Å². The van der Waals surface area contributed by atoms with Crippen LogP contribution in [0, 0.1) is 11.3 Å². The highest BCUT2D eigenvalue weighted by molar-refractivity contribution is 5.34. The Morgan fingerprint density at radius 2 is 1.81 bits per heavy atom. The molecule has 0 amide bonds. The lowest BCUT2D eigenvalue weighted by Gasteiger charge is -2.31. The molecule has 0 spiro atoms. The maximum atomic E-state index is 13.0. The van der Waals surface area contributed by atoms with Crippen LogP contribution in [-0.4, -0.2) is 6.18 Å². The Kier molecular flexibility index (Phi) is 3.38. The molecule has 0 fully saturated rings. The Bertz CT molecular complexity index is 403. The zero-order valence-corrected chi connectivity index (χ0v) is 8.46. The van der Waals surface area contributed by atoms with E-state index in [0.29, 0.717) is 0 Å². The number of nitriles is 1. The molecular weight excluding hydrogens is 215 g/mol. The van der Waals surface area contributed by atoms with Crippen molar-refractivity contribution in [2.24, 2.45) is 0 Å². The molecule has 0 heterocycles. The van der Waals surface area contributed by atoms with Crippen molar-refractivity contribution < 1.29 is 13.2 Å². The zero-order chi connectivity index (χ0) is 12.2. The molecule has 0 unspecified atom stereocenters. The van der Waals surface area contributed by atoms with Gasteiger partial charge in [-0.2, -0.15) is 18.4 Å². The lowest BCUT2D eigenvalue weighted by Crippen LogP contribution is -2.40. The molecule has 1 nitrogen and oxygen atoms in total. The molecule has 1 rings (SSSR count). The van der Waals surface area contributed by atoms with E-state index >= 15 is 0 Å². The minimum Gasteiger partial charge on any atom is -0.198 e. The second-order valence-electron chi connectivity index (χ2n) is 3.37. The highest BCUT2D eigenvalue weighted by Crippen LogP contribution is 2.44. The smallest absolute Gasteiger partial charge is 0.198 e. The zero-order valence-electron chi connectivity index (χ0n) is 8.46. The molecule has 0 radical (unpaired) electrons. The van der Waals surface area contributed by atoms with E-state index in [1.165, 1.54) is 24.3 Å². The highest BCUT2D eigenvalue weighted by atomic mass is 19.4. The summed E-state index contributed by atoms with van der Waals surface area (Å²) in [5, 5.41) is 8.56. The fraction of sp³-hybridized carbons (Fsp3) is 0.250. The largest absolute Gasteiger partial charge is 0.402 e. The summed E-state index contributed by atoms with van der Waals surface area (Å²) >= 11 is 0. The van der Waals surface area contributed by atoms with Gasteiger partial charge in [-0.15, -0.1) is 6.58 Å². The van der Waals surface area contributed by atoms with Crippen LogP contribution in [0.15, 0.2) is 43.0 Å². The molecule has 0 aliphatic carbocycles. The van der Waals surface area contributed by atoms with Gasteiger partial charge in [0.2, 0.25) is 0 Å². The molecule has 1 atom stereocenters. The average molecular weight is 225 g/mol. The normalized spacial score (nSPS) is 14.9. The van der Waals surface area contributed by atoms with Crippen molar-refractivity contribution in [1.82, 2.24) is 0 Å². The Morgan fingerprint density at radius 1 is 1.25 bits per heavy atom. The van der Waals surface area contributed by atoms with Gasteiger partial charge in [0.05, 0.1) is 12.5 Å². The molecule has 0 aromatic heterocycles. The molecule has 0 saturated heterocycles. The number of nitrogens with zero attached hydrogens (tertiary/aromatic N) is 1. The third kappa shape index (κ3) is 1.94. The van der Waals surface area contributed by atoms with Crippen molar-refractivity contribution in [1.29, 1.82) is 5.26 Å². The van der Waals surface area contributed by atoms with Gasteiger partial charge in [0.1, 0.15) is 5.41 Å². The van der Waals surface area contributed by atoms with Crippen molar-refractivity contribution in [3.8, 4) is 6.07 Å². The van der Waals surface area contributed by atoms with Gasteiger partial charge in [-0.1, -0.05) is 36.4 Å². The lowest BCUT2D eigenvalue weighted by atomic mass is 9.77. The van der Waals surface area contributed by atoms with E-state index in [-0.39, 0.29) is 5.56 Å². The number of alkyl halides is 3. The molecule has 0 aliphatic heterocycles. The van der Waals surface area contributed by atoms with Crippen LogP contribution in [0.4, 0.5) is 13.2 Å². The molecule has 0 bridgehead atoms. The Morgan fingerprint density at radius 3 is 2.19 bits per heavy atom. The first-order valence-corrected chi connectivity index (χ1v) is 4.61. The molecule has 16 heavy (non-hydrogen) atoms. The minimum atomic E-state index is -4.52. The van der Waals surface area contributed by atoms with Crippen LogP contribution in [0.2, 0.25) is 0 Å². The van der Waals surface area contributed by atoms with Gasteiger partial charge in [-0.25, -0.2) is 0 Å². The molecule has 84 valence electrons. The fourth-order valence-electron chi connectivity index (χ4n) is 1.53. The number of halogens is 3. The van der Waals surface area contributed by atoms with Gasteiger partial charge in [0.15, 0.2) is 0 Å². The molecule has 0 aliphatic rings. The Balaban J connectivity index is 3.36. The van der Waals surface area contributed by atoms with E-state index in [9.17, 15) is 13.2 Å². The number of rotatable bonds is 3. The first-order valence-electron chi connectivity index (χ1n) is 4.61. The van der Waals surface area contributed by atoms with Crippen LogP contribution >= 0.6 is 0 Å². The molecule has 0 saturated carbocycles. The second-order valence-corrected chi connectivity index (χ2v) is 3.37. The van der Waals surface area contributed by atoms with E-state index in [4.69, 9.17) is 5.26 Å². The van der Waals surface area contributed by atoms with Crippen LogP contribution in [0.1, 0.15) is 12.0 Å². The summed E-state index contributed by atoms with van der Waals surface area (Å²) in [5.41, 5.74) is -2.23. The summed E-state index contributed by atoms with van der Waals surface area (Å²) in [5.74, 6) is 0. The van der Waals surface area contributed by atoms with Crippen molar-refractivity contribution in [3.63, 3.8) is 0 Å². The maximum Gasteiger partial charge on any atom is 0.402 e. The van der Waals surface area contributed by atoms with Crippen LogP contribution in [-0.2, 0) is 5.41 Å². The SMILES string of the molecule is C=C[C@@](CC#N)(c1ccccc1)C(F)(F)F. The standard InChI is InChI=1S/C12H10F3N/c1-2-11(8-9-16,12(13,14)15)10-6-4-3-5-7-10/h2-7H,1,8H2/t11-/m1/s1. The minimum absolute atomic E-state index is 0.0408. The van der Waals surface area contributed by atoms with Crippen molar-refractivity contribution in [2.75, 3.05) is 0 Å². The predicted molar refractivity (Wildman–Crippen MR) is 54.6 cm³/mol. The quantitative estimate of drug-likeness (QED) is 0.721. The van der Waals surface area contributed by atoms with E-state index in [2.05, 4.69) is 6.58 Å². The third-order valence-corrected chi connectivity index (χ3v) is 2.50. The molecule has 0 N–H and O–H groups in total. The predicted octanol–water partition coefficient (Wildman–Crippen LogP) is 3.59. The van der Waals surface area contributed by atoms with Crippen molar-refractivity contribution in [3.05, 3.63) is 48.6 Å². The maximum absolute atomic E-state index is 13.0. The Labute approximate surface area is 91.8 Å². The number of hydrogen-bond acceptors (Lipinski definition) is 1. The molecule has 4 heteroatoms. The van der Waals surface area contributed by atoms with Gasteiger partial charge in [-0.05, 0) is 5.56 Å². The summed E-state index contributed by atoms with van der Waals surface area (Å²) in [6.07, 6.45) is -4.39. The van der Waals surface area contributed by atoms with Gasteiger partial charge in [-0.3, -0.25) is 0 Å². The van der Waals surface area contributed by atoms with Gasteiger partial charge >= 0.3 is 6.18 Å². The monoisotopic (exact) mass is 225 g/mol. The summed E-state index contributed by atoms with van der Waals surface area (Å²) in [4.78, 5) is 0. The topological polar surface area (TPSA) is 23.8 Å². The van der Waals surface area contributed by atoms with E-state index in [1.807, 2.05) is 0 Å². The van der Waals surface area contributed by atoms with Crippen LogP contribution in [0.25, 0.3) is 0 Å². The van der Waals surface area contributed by atoms with Crippen LogP contribution in [0.3, 0.4) is 0 Å². The summed E-state index contributed by atoms with van der Waals surface area (Å²) < 4.78 is 39.1. The Hall–Kier alpha value is -1.76. The number of hydrogen-bond donors (Lipinski definition) is 0. The van der Waals surface area contributed by atoms with E-state index in [1.54, 1.807) is 12.1 Å². The first-order chi connectivity index (χ1) is 7.48. The first kappa shape index (κ1) is 12.3. The average Bonchev–Trinajstić information content (AvgIpc) is 2.25. The number of allylic oxidation sites excluding steroid dienone is 1. The van der Waals surface area contributed by atoms with Gasteiger partial charge < -0.3 is 0 Å². The molecule has 1 aromatic rings. The molecule has 1 aromatic carbocycles. The number of benzene rings is 1. The van der Waals surface area contributed by atoms with Gasteiger partial charge in [0.25, 0.3) is 0 Å². The van der Waals surface area contributed by atoms with Crippen molar-refractivity contribution in [2.45, 2.75) is 18.0 Å². The second kappa shape index (κ2) is 4.40. The lowest BCUT2D eigenvalue weighted by molar-refractivity contribution is -0.174. The summed E-state index contributed by atoms with van der Waals surface area (Å²) in [6.45, 7) is 3.22. The highest BCUT2D eigenvalue weighted by Gasteiger charge is 2.53. The van der Waals surface area contributed by atoms with Gasteiger partial charge in [0, 0.05) is 0 Å². The summed E-state index contributed by atoms with van der Waals surface area (Å²) in [6, 6.07) is 8.93. The summed E-state index contributed by atoms with van der Waals surface area (Å²) in [7, 11) is 0. The van der Waals surface area contributed by atoms with Crippen LogP contribution < -0.4 is 0 Å².